The standard InChI is InChI=1S/C16H14F3NO3S/c1-23-13-5-7-14(8-6-13)24(22)10-15(21)20-12-4-2-3-11(9-12)16(17,18)19/h2-9H,10H2,1H3,(H,20,21)/t24-/m0/s1. The molecule has 0 unspecified atom stereocenters. The van der Waals surface area contributed by atoms with Gasteiger partial charge in [-0.05, 0) is 42.5 Å². The fourth-order valence-electron chi connectivity index (χ4n) is 1.90. The predicted molar refractivity (Wildman–Crippen MR) is 84.3 cm³/mol. The van der Waals surface area contributed by atoms with E-state index in [0.717, 1.165) is 12.1 Å². The van der Waals surface area contributed by atoms with Gasteiger partial charge in [-0.3, -0.25) is 9.00 Å². The molecule has 1 atom stereocenters. The van der Waals surface area contributed by atoms with Crippen LogP contribution in [0.4, 0.5) is 18.9 Å². The molecule has 0 aliphatic rings. The molecule has 0 aliphatic carbocycles. The first kappa shape index (κ1) is 18.0. The predicted octanol–water partition coefficient (Wildman–Crippen LogP) is 3.46. The number of methoxy groups -OCH3 is 1. The number of ether oxygens (including phenoxy) is 1. The van der Waals surface area contributed by atoms with E-state index in [1.165, 1.54) is 19.2 Å². The van der Waals surface area contributed by atoms with Gasteiger partial charge in [0.25, 0.3) is 0 Å². The number of hydrogen-bond donors (Lipinski definition) is 1. The first-order valence-corrected chi connectivity index (χ1v) is 8.11. The molecule has 0 heterocycles. The van der Waals surface area contributed by atoms with Gasteiger partial charge in [0.05, 0.1) is 23.5 Å². The van der Waals surface area contributed by atoms with Crippen LogP contribution in [0.2, 0.25) is 0 Å². The molecule has 8 heteroatoms. The molecule has 0 radical (unpaired) electrons. The van der Waals surface area contributed by atoms with Crippen molar-refractivity contribution in [2.45, 2.75) is 11.1 Å². The van der Waals surface area contributed by atoms with Gasteiger partial charge in [0.1, 0.15) is 11.5 Å². The maximum Gasteiger partial charge on any atom is 0.416 e. The van der Waals surface area contributed by atoms with E-state index >= 15 is 0 Å². The van der Waals surface area contributed by atoms with Crippen molar-refractivity contribution in [1.82, 2.24) is 0 Å². The molecular weight excluding hydrogens is 343 g/mol. The van der Waals surface area contributed by atoms with Gasteiger partial charge < -0.3 is 10.1 Å². The normalized spacial score (nSPS) is 12.5. The Morgan fingerprint density at radius 1 is 1.17 bits per heavy atom. The van der Waals surface area contributed by atoms with Crippen LogP contribution in [-0.2, 0) is 21.8 Å². The van der Waals surface area contributed by atoms with E-state index in [1.54, 1.807) is 24.3 Å². The minimum atomic E-state index is -4.49. The fraction of sp³-hybridized carbons (Fsp3) is 0.188. The maximum absolute atomic E-state index is 12.6. The number of carbonyl (C=O) groups excluding carboxylic acids is 1. The van der Waals surface area contributed by atoms with Crippen molar-refractivity contribution < 1.29 is 26.9 Å². The lowest BCUT2D eigenvalue weighted by atomic mass is 10.2. The van der Waals surface area contributed by atoms with Crippen molar-refractivity contribution in [3.05, 3.63) is 54.1 Å². The van der Waals surface area contributed by atoms with Crippen molar-refractivity contribution in [2.24, 2.45) is 0 Å². The highest BCUT2D eigenvalue weighted by molar-refractivity contribution is 7.85. The second-order valence-corrected chi connectivity index (χ2v) is 6.24. The van der Waals surface area contributed by atoms with Crippen LogP contribution in [0, 0.1) is 0 Å². The van der Waals surface area contributed by atoms with Crippen LogP contribution in [0.1, 0.15) is 5.56 Å². The second kappa shape index (κ2) is 7.48. The summed E-state index contributed by atoms with van der Waals surface area (Å²) in [4.78, 5) is 12.3. The van der Waals surface area contributed by atoms with Crippen LogP contribution in [0.3, 0.4) is 0 Å². The lowest BCUT2D eigenvalue weighted by Crippen LogP contribution is -2.20. The second-order valence-electron chi connectivity index (χ2n) is 4.79. The van der Waals surface area contributed by atoms with Gasteiger partial charge in [0, 0.05) is 10.6 Å². The SMILES string of the molecule is COc1ccc([S@@](=O)CC(=O)Nc2cccc(C(F)(F)F)c2)cc1. The van der Waals surface area contributed by atoms with Crippen LogP contribution in [0.25, 0.3) is 0 Å². The minimum Gasteiger partial charge on any atom is -0.497 e. The summed E-state index contributed by atoms with van der Waals surface area (Å²) in [5, 5.41) is 2.32. The highest BCUT2D eigenvalue weighted by Gasteiger charge is 2.30. The third-order valence-electron chi connectivity index (χ3n) is 3.06. The molecular formula is C16H14F3NO3S. The number of rotatable bonds is 5. The monoisotopic (exact) mass is 357 g/mol. The van der Waals surface area contributed by atoms with Gasteiger partial charge in [-0.15, -0.1) is 0 Å². The van der Waals surface area contributed by atoms with Gasteiger partial charge in [-0.2, -0.15) is 13.2 Å². The summed E-state index contributed by atoms with van der Waals surface area (Å²) >= 11 is 0. The van der Waals surface area contributed by atoms with E-state index in [9.17, 15) is 22.2 Å². The van der Waals surface area contributed by atoms with Crippen LogP contribution >= 0.6 is 0 Å². The zero-order valence-electron chi connectivity index (χ0n) is 12.6. The molecule has 2 aromatic carbocycles. The van der Waals surface area contributed by atoms with Gasteiger partial charge in [-0.25, -0.2) is 0 Å². The van der Waals surface area contributed by atoms with E-state index in [-0.39, 0.29) is 11.4 Å². The first-order chi connectivity index (χ1) is 11.3. The minimum absolute atomic E-state index is 0.00144. The molecule has 2 aromatic rings. The van der Waals surface area contributed by atoms with Crippen molar-refractivity contribution in [1.29, 1.82) is 0 Å². The van der Waals surface area contributed by atoms with Crippen molar-refractivity contribution in [2.75, 3.05) is 18.2 Å². The van der Waals surface area contributed by atoms with Crippen LogP contribution in [0.5, 0.6) is 5.75 Å². The Hall–Kier alpha value is -2.35. The third kappa shape index (κ3) is 4.82. The lowest BCUT2D eigenvalue weighted by Gasteiger charge is -2.10. The quantitative estimate of drug-likeness (QED) is 0.892. The number of halogens is 3. The number of carbonyl (C=O) groups is 1. The van der Waals surface area contributed by atoms with Gasteiger partial charge in [-0.1, -0.05) is 6.07 Å². The molecule has 24 heavy (non-hydrogen) atoms. The van der Waals surface area contributed by atoms with E-state index in [0.29, 0.717) is 10.6 Å². The Morgan fingerprint density at radius 2 is 1.83 bits per heavy atom. The molecule has 1 amide bonds. The summed E-state index contributed by atoms with van der Waals surface area (Å²) in [5.74, 6) is -0.407. The molecule has 0 aromatic heterocycles. The smallest absolute Gasteiger partial charge is 0.416 e. The molecule has 1 N–H and O–H groups in total. The van der Waals surface area contributed by atoms with Crippen LogP contribution < -0.4 is 10.1 Å². The maximum atomic E-state index is 12.6. The highest BCUT2D eigenvalue weighted by Crippen LogP contribution is 2.30. The largest absolute Gasteiger partial charge is 0.497 e. The zero-order chi connectivity index (χ0) is 17.7. The van der Waals surface area contributed by atoms with Crippen molar-refractivity contribution in [3.63, 3.8) is 0 Å². The van der Waals surface area contributed by atoms with Gasteiger partial charge >= 0.3 is 6.18 Å². The summed E-state index contributed by atoms with van der Waals surface area (Å²) in [7, 11) is -0.115. The molecule has 0 spiro atoms. The van der Waals surface area contributed by atoms with Gasteiger partial charge in [0.15, 0.2) is 0 Å². The van der Waals surface area contributed by atoms with Crippen molar-refractivity contribution >= 4 is 22.4 Å². The number of hydrogen-bond acceptors (Lipinski definition) is 3. The molecule has 4 nitrogen and oxygen atoms in total. The molecule has 0 fully saturated rings. The van der Waals surface area contributed by atoms with E-state index in [4.69, 9.17) is 4.74 Å². The summed E-state index contributed by atoms with van der Waals surface area (Å²) in [5.41, 5.74) is -0.863. The fourth-order valence-corrected chi connectivity index (χ4v) is 2.82. The van der Waals surface area contributed by atoms with E-state index < -0.39 is 28.4 Å². The number of amides is 1. The average molecular weight is 357 g/mol. The Labute approximate surface area is 139 Å². The van der Waals surface area contributed by atoms with Gasteiger partial charge in [0.2, 0.25) is 5.91 Å². The average Bonchev–Trinajstić information content (AvgIpc) is 2.54. The first-order valence-electron chi connectivity index (χ1n) is 6.79. The Balaban J connectivity index is 2.01. The third-order valence-corrected chi connectivity index (χ3v) is 4.38. The Kier molecular flexibility index (Phi) is 5.61. The number of alkyl halides is 3. The summed E-state index contributed by atoms with van der Waals surface area (Å²) in [6.07, 6.45) is -4.49. The summed E-state index contributed by atoms with van der Waals surface area (Å²) < 4.78 is 55.0. The number of nitrogens with one attached hydrogen (secondary N) is 1. The van der Waals surface area contributed by atoms with E-state index in [1.807, 2.05) is 0 Å². The van der Waals surface area contributed by atoms with Crippen molar-refractivity contribution in [3.8, 4) is 5.75 Å². The molecule has 128 valence electrons. The Morgan fingerprint density at radius 3 is 2.42 bits per heavy atom. The van der Waals surface area contributed by atoms with Crippen LogP contribution in [0.15, 0.2) is 53.4 Å². The lowest BCUT2D eigenvalue weighted by molar-refractivity contribution is -0.137. The summed E-state index contributed by atoms with van der Waals surface area (Å²) in [6.45, 7) is 0. The Bertz CT molecular complexity index is 745. The molecule has 0 saturated heterocycles. The number of anilines is 1. The van der Waals surface area contributed by atoms with Crippen LogP contribution in [-0.4, -0.2) is 23.0 Å². The highest BCUT2D eigenvalue weighted by atomic mass is 32.2. The molecule has 0 saturated carbocycles. The molecule has 2 rings (SSSR count). The zero-order valence-corrected chi connectivity index (χ0v) is 13.4. The molecule has 0 aliphatic heterocycles. The molecule has 0 bridgehead atoms. The van der Waals surface area contributed by atoms with E-state index in [2.05, 4.69) is 5.32 Å². The number of benzene rings is 2. The summed E-state index contributed by atoms with van der Waals surface area (Å²) in [6, 6.07) is 10.6. The topological polar surface area (TPSA) is 55.4 Å².